The van der Waals surface area contributed by atoms with Crippen molar-refractivity contribution in [3.05, 3.63) is 34.3 Å². The molecule has 0 aliphatic heterocycles. The second-order valence-electron chi connectivity index (χ2n) is 5.08. The van der Waals surface area contributed by atoms with Crippen molar-refractivity contribution in [3.8, 4) is 0 Å². The third kappa shape index (κ3) is 2.43. The number of anilines is 1. The van der Waals surface area contributed by atoms with E-state index in [1.807, 2.05) is 6.20 Å². The van der Waals surface area contributed by atoms with Crippen LogP contribution >= 0.6 is 11.3 Å². The van der Waals surface area contributed by atoms with Gasteiger partial charge in [0.25, 0.3) is 0 Å². The van der Waals surface area contributed by atoms with Crippen molar-refractivity contribution < 1.29 is 0 Å². The summed E-state index contributed by atoms with van der Waals surface area (Å²) in [6.07, 6.45) is 9.21. The Morgan fingerprint density at radius 2 is 2.22 bits per heavy atom. The van der Waals surface area contributed by atoms with Crippen LogP contribution in [0.3, 0.4) is 0 Å². The Balaban J connectivity index is 1.72. The maximum Gasteiger partial charge on any atom is 0.203 e. The fourth-order valence-electron chi connectivity index (χ4n) is 2.56. The van der Waals surface area contributed by atoms with Gasteiger partial charge in [-0.3, -0.25) is 0 Å². The van der Waals surface area contributed by atoms with E-state index < -0.39 is 0 Å². The van der Waals surface area contributed by atoms with Crippen LogP contribution in [-0.2, 0) is 6.54 Å². The fraction of sp³-hybridized carbons (Fsp3) is 0.500. The molecule has 0 aromatic carbocycles. The van der Waals surface area contributed by atoms with Crippen LogP contribution in [0, 0.1) is 6.92 Å². The van der Waals surface area contributed by atoms with Crippen LogP contribution in [0.15, 0.2) is 23.2 Å². The summed E-state index contributed by atoms with van der Waals surface area (Å²) in [6.45, 7) is 3.09. The molecule has 2 aromatic heterocycles. The van der Waals surface area contributed by atoms with Crippen molar-refractivity contribution in [2.75, 3.05) is 5.32 Å². The molecule has 0 radical (unpaired) electrons. The Kier molecular flexibility index (Phi) is 3.37. The minimum absolute atomic E-state index is 0.620. The van der Waals surface area contributed by atoms with E-state index >= 15 is 0 Å². The summed E-state index contributed by atoms with van der Waals surface area (Å²) in [5, 5.41) is 8.01. The van der Waals surface area contributed by atoms with E-state index in [9.17, 15) is 0 Å². The lowest BCUT2D eigenvalue weighted by Crippen LogP contribution is -2.18. The fourth-order valence-corrected chi connectivity index (χ4v) is 3.41. The molecule has 0 spiro atoms. The molecule has 4 heteroatoms. The molecule has 0 saturated heterocycles. The molecule has 96 valence electrons. The summed E-state index contributed by atoms with van der Waals surface area (Å²) in [4.78, 5) is 4.45. The third-order valence-corrected chi connectivity index (χ3v) is 4.62. The highest BCUT2D eigenvalue weighted by Crippen LogP contribution is 2.22. The van der Waals surface area contributed by atoms with Gasteiger partial charge in [0, 0.05) is 18.4 Å². The first-order valence-electron chi connectivity index (χ1n) is 6.62. The second-order valence-corrected chi connectivity index (χ2v) is 5.83. The number of hydrogen-bond acceptors (Lipinski definition) is 3. The third-order valence-electron chi connectivity index (χ3n) is 3.71. The Bertz CT molecular complexity index is 509. The van der Waals surface area contributed by atoms with Crippen molar-refractivity contribution in [3.63, 3.8) is 0 Å². The maximum absolute atomic E-state index is 4.45. The molecule has 1 aliphatic rings. The Labute approximate surface area is 112 Å². The van der Waals surface area contributed by atoms with Crippen LogP contribution < -0.4 is 5.32 Å². The van der Waals surface area contributed by atoms with Gasteiger partial charge in [0.1, 0.15) is 0 Å². The first kappa shape index (κ1) is 11.8. The summed E-state index contributed by atoms with van der Waals surface area (Å²) >= 11 is 1.77. The highest BCUT2D eigenvalue weighted by molar-refractivity contribution is 7.08. The number of nitrogens with one attached hydrogen (secondary N) is 1. The summed E-state index contributed by atoms with van der Waals surface area (Å²) in [7, 11) is 0. The van der Waals surface area contributed by atoms with Crippen LogP contribution in [0.2, 0.25) is 0 Å². The molecule has 2 aromatic rings. The van der Waals surface area contributed by atoms with Gasteiger partial charge in [0.05, 0.1) is 6.54 Å². The zero-order valence-electron chi connectivity index (χ0n) is 10.7. The molecular formula is C14H19N3S. The van der Waals surface area contributed by atoms with E-state index in [1.165, 1.54) is 36.8 Å². The molecule has 18 heavy (non-hydrogen) atoms. The number of aromatic nitrogens is 2. The zero-order chi connectivity index (χ0) is 12.4. The van der Waals surface area contributed by atoms with Crippen molar-refractivity contribution in [2.24, 2.45) is 0 Å². The minimum atomic E-state index is 0.620. The molecule has 2 heterocycles. The van der Waals surface area contributed by atoms with E-state index in [4.69, 9.17) is 0 Å². The van der Waals surface area contributed by atoms with Gasteiger partial charge in [0.15, 0.2) is 0 Å². The van der Waals surface area contributed by atoms with Crippen LogP contribution in [0.25, 0.3) is 0 Å². The zero-order valence-corrected chi connectivity index (χ0v) is 11.5. The number of thiophene rings is 1. The van der Waals surface area contributed by atoms with Gasteiger partial charge in [-0.15, -0.1) is 0 Å². The standard InChI is InChI=1S/C14H19N3S/c1-11-9-18-10-12(11)8-17-7-6-15-14(17)16-13-4-2-3-5-13/h6-7,9-10,13H,2-5,8H2,1H3,(H,15,16). The predicted octanol–water partition coefficient (Wildman–Crippen LogP) is 3.66. The van der Waals surface area contributed by atoms with Gasteiger partial charge in [-0.25, -0.2) is 4.98 Å². The number of rotatable bonds is 4. The summed E-state index contributed by atoms with van der Waals surface area (Å²) in [5.41, 5.74) is 2.77. The molecule has 1 saturated carbocycles. The normalized spacial score (nSPS) is 16.3. The van der Waals surface area contributed by atoms with E-state index in [0.29, 0.717) is 6.04 Å². The SMILES string of the molecule is Cc1cscc1Cn1ccnc1NC1CCCC1. The molecule has 1 N–H and O–H groups in total. The predicted molar refractivity (Wildman–Crippen MR) is 76.3 cm³/mol. The van der Waals surface area contributed by atoms with Gasteiger partial charge in [-0.05, 0) is 41.7 Å². The lowest BCUT2D eigenvalue weighted by molar-refractivity contribution is 0.716. The Morgan fingerprint density at radius 1 is 1.39 bits per heavy atom. The van der Waals surface area contributed by atoms with E-state index in [2.05, 4.69) is 38.7 Å². The van der Waals surface area contributed by atoms with Gasteiger partial charge < -0.3 is 9.88 Å². The molecule has 0 bridgehead atoms. The lowest BCUT2D eigenvalue weighted by atomic mass is 10.2. The first-order chi connectivity index (χ1) is 8.83. The topological polar surface area (TPSA) is 29.9 Å². The van der Waals surface area contributed by atoms with Gasteiger partial charge in [-0.1, -0.05) is 12.8 Å². The minimum Gasteiger partial charge on any atom is -0.353 e. The molecule has 3 nitrogen and oxygen atoms in total. The highest BCUT2D eigenvalue weighted by Gasteiger charge is 2.16. The van der Waals surface area contributed by atoms with Gasteiger partial charge in [-0.2, -0.15) is 11.3 Å². The van der Waals surface area contributed by atoms with Crippen LogP contribution in [0.1, 0.15) is 36.8 Å². The maximum atomic E-state index is 4.45. The molecule has 0 unspecified atom stereocenters. The van der Waals surface area contributed by atoms with E-state index in [1.54, 1.807) is 11.3 Å². The first-order valence-corrected chi connectivity index (χ1v) is 7.56. The average molecular weight is 261 g/mol. The van der Waals surface area contributed by atoms with E-state index in [-0.39, 0.29) is 0 Å². The largest absolute Gasteiger partial charge is 0.353 e. The quantitative estimate of drug-likeness (QED) is 0.910. The van der Waals surface area contributed by atoms with Crippen molar-refractivity contribution in [1.29, 1.82) is 0 Å². The number of aryl methyl sites for hydroxylation is 1. The van der Waals surface area contributed by atoms with E-state index in [0.717, 1.165) is 12.5 Å². The summed E-state index contributed by atoms with van der Waals surface area (Å²) in [5.74, 6) is 1.02. The smallest absolute Gasteiger partial charge is 0.203 e. The molecule has 1 fully saturated rings. The molecule has 0 atom stereocenters. The van der Waals surface area contributed by atoms with Crippen molar-refractivity contribution in [2.45, 2.75) is 45.2 Å². The highest BCUT2D eigenvalue weighted by atomic mass is 32.1. The Hall–Kier alpha value is -1.29. The van der Waals surface area contributed by atoms with Crippen LogP contribution in [0.4, 0.5) is 5.95 Å². The van der Waals surface area contributed by atoms with Crippen LogP contribution in [-0.4, -0.2) is 15.6 Å². The summed E-state index contributed by atoms with van der Waals surface area (Å²) in [6, 6.07) is 0.620. The van der Waals surface area contributed by atoms with Crippen molar-refractivity contribution >= 4 is 17.3 Å². The number of nitrogens with zero attached hydrogens (tertiary/aromatic N) is 2. The summed E-state index contributed by atoms with van der Waals surface area (Å²) < 4.78 is 2.22. The average Bonchev–Trinajstić information content (AvgIpc) is 3.06. The Morgan fingerprint density at radius 3 is 2.94 bits per heavy atom. The molecule has 1 aliphatic carbocycles. The molecular weight excluding hydrogens is 242 g/mol. The van der Waals surface area contributed by atoms with Gasteiger partial charge in [0.2, 0.25) is 5.95 Å². The van der Waals surface area contributed by atoms with Gasteiger partial charge >= 0.3 is 0 Å². The number of imidazole rings is 1. The van der Waals surface area contributed by atoms with Crippen LogP contribution in [0.5, 0.6) is 0 Å². The lowest BCUT2D eigenvalue weighted by Gasteiger charge is -2.14. The number of hydrogen-bond donors (Lipinski definition) is 1. The molecule has 0 amide bonds. The monoisotopic (exact) mass is 261 g/mol. The molecule has 3 rings (SSSR count). The van der Waals surface area contributed by atoms with Crippen molar-refractivity contribution in [1.82, 2.24) is 9.55 Å². The second kappa shape index (κ2) is 5.14.